The minimum Gasteiger partial charge on any atom is -0.388 e. The van der Waals surface area contributed by atoms with Gasteiger partial charge in [0.25, 0.3) is 0 Å². The first-order valence-corrected chi connectivity index (χ1v) is 7.82. The lowest BCUT2D eigenvalue weighted by molar-refractivity contribution is 0.277. The van der Waals surface area contributed by atoms with Crippen LogP contribution in [0, 0.1) is 0 Å². The molecule has 0 radical (unpaired) electrons. The summed E-state index contributed by atoms with van der Waals surface area (Å²) in [5.41, 5.74) is 0. The maximum Gasteiger partial charge on any atom is 0.0351 e. The predicted molar refractivity (Wildman–Crippen MR) is 99.9 cm³/mol. The zero-order chi connectivity index (χ0) is 17.2. The molecule has 0 N–H and O–H groups in total. The molecule has 2 rings (SSSR count). The molecule has 0 saturated heterocycles. The van der Waals surface area contributed by atoms with Crippen molar-refractivity contribution >= 4 is 0 Å². The molecule has 2 aromatic rings. The molecule has 0 heterocycles. The lowest BCUT2D eigenvalue weighted by Gasteiger charge is -1.69. The second kappa shape index (κ2) is 42.9. The van der Waals surface area contributed by atoms with E-state index in [9.17, 15) is 0 Å². The molecule has 1 heteroatoms. The van der Waals surface area contributed by atoms with Gasteiger partial charge in [-0.3, -0.25) is 0 Å². The number of hydrogen-bond donors (Lipinski definition) is 0. The van der Waals surface area contributed by atoms with Crippen LogP contribution in [-0.4, -0.2) is 14.2 Å². The molecule has 0 aliphatic carbocycles. The van der Waals surface area contributed by atoms with Gasteiger partial charge in [-0.05, 0) is 0 Å². The Kier molecular flexibility index (Phi) is 56.5. The predicted octanol–water partition coefficient (Wildman–Crippen LogP) is 6.71. The fourth-order valence-electron chi connectivity index (χ4n) is 0.770. The maximum absolute atomic E-state index is 4.25. The van der Waals surface area contributed by atoms with Crippen molar-refractivity contribution in [3.05, 3.63) is 72.8 Å². The summed E-state index contributed by atoms with van der Waals surface area (Å²) in [5.74, 6) is 0. The van der Waals surface area contributed by atoms with E-state index in [1.54, 1.807) is 14.2 Å². The Morgan fingerprint density at radius 1 is 0.333 bits per heavy atom. The molecule has 0 atom stereocenters. The number of benzene rings is 2. The summed E-state index contributed by atoms with van der Waals surface area (Å²) in [6.07, 6.45) is 0. The van der Waals surface area contributed by atoms with E-state index in [1.807, 2.05) is 114 Å². The van der Waals surface area contributed by atoms with Crippen LogP contribution < -0.4 is 0 Å². The van der Waals surface area contributed by atoms with Crippen LogP contribution in [-0.2, 0) is 4.74 Å². The molecule has 21 heavy (non-hydrogen) atoms. The summed E-state index contributed by atoms with van der Waals surface area (Å²) >= 11 is 0. The van der Waals surface area contributed by atoms with Gasteiger partial charge in [0.05, 0.1) is 0 Å². The lowest BCUT2D eigenvalue weighted by Crippen LogP contribution is -1.55. The molecule has 0 bridgehead atoms. The first-order valence-electron chi connectivity index (χ1n) is 7.82. The summed E-state index contributed by atoms with van der Waals surface area (Å²) in [7, 11) is 3.25. The Morgan fingerprint density at radius 2 is 0.381 bits per heavy atom. The average Bonchev–Trinajstić information content (AvgIpc) is 2.64. The highest BCUT2D eigenvalue weighted by atomic mass is 16.4. The van der Waals surface area contributed by atoms with Crippen molar-refractivity contribution in [2.75, 3.05) is 14.2 Å². The molecule has 0 fully saturated rings. The van der Waals surface area contributed by atoms with Crippen LogP contribution in [0.4, 0.5) is 0 Å². The Hall–Kier alpha value is -1.60. The van der Waals surface area contributed by atoms with E-state index in [0.717, 1.165) is 0 Å². The molecule has 0 aliphatic heterocycles. The van der Waals surface area contributed by atoms with Gasteiger partial charge in [0.2, 0.25) is 0 Å². The molecular formula is C20H36O. The SMILES string of the molecule is CC.CC.CC.COC.c1ccccc1.c1ccccc1. The van der Waals surface area contributed by atoms with Crippen molar-refractivity contribution in [3.63, 3.8) is 0 Å². The normalized spacial score (nSPS) is 6.29. The molecule has 0 aromatic heterocycles. The zero-order valence-electron chi connectivity index (χ0n) is 15.3. The third-order valence-electron chi connectivity index (χ3n) is 1.33. The van der Waals surface area contributed by atoms with E-state index in [2.05, 4.69) is 4.74 Å². The van der Waals surface area contributed by atoms with Crippen molar-refractivity contribution in [3.8, 4) is 0 Å². The van der Waals surface area contributed by atoms with Gasteiger partial charge in [-0.2, -0.15) is 0 Å². The molecule has 0 unspecified atom stereocenters. The largest absolute Gasteiger partial charge is 0.388 e. The van der Waals surface area contributed by atoms with E-state index in [4.69, 9.17) is 0 Å². The first kappa shape index (κ1) is 27.7. The van der Waals surface area contributed by atoms with Crippen molar-refractivity contribution < 1.29 is 4.74 Å². The van der Waals surface area contributed by atoms with Gasteiger partial charge in [0.15, 0.2) is 0 Å². The lowest BCUT2D eigenvalue weighted by atomic mass is 10.4. The van der Waals surface area contributed by atoms with Gasteiger partial charge in [-0.25, -0.2) is 0 Å². The van der Waals surface area contributed by atoms with Gasteiger partial charge in [-0.15, -0.1) is 0 Å². The second-order valence-corrected chi connectivity index (χ2v) is 2.72. The highest BCUT2D eigenvalue weighted by Gasteiger charge is 1.58. The fourth-order valence-corrected chi connectivity index (χ4v) is 0.770. The Bertz CT molecular complexity index is 194. The molecule has 122 valence electrons. The van der Waals surface area contributed by atoms with Gasteiger partial charge >= 0.3 is 0 Å². The van der Waals surface area contributed by atoms with Gasteiger partial charge in [0.1, 0.15) is 0 Å². The standard InChI is InChI=1S/2C6H6.C2H6O.3C2H6/c2*1-2-4-6-5-3-1;1-3-2;3*1-2/h2*1-6H;1-2H3;3*1-2H3. The fraction of sp³-hybridized carbons (Fsp3) is 0.400. The van der Waals surface area contributed by atoms with Crippen molar-refractivity contribution in [1.29, 1.82) is 0 Å². The van der Waals surface area contributed by atoms with Crippen LogP contribution in [0.25, 0.3) is 0 Å². The smallest absolute Gasteiger partial charge is 0.0351 e. The topological polar surface area (TPSA) is 9.23 Å². The Labute approximate surface area is 134 Å². The van der Waals surface area contributed by atoms with Crippen LogP contribution >= 0.6 is 0 Å². The van der Waals surface area contributed by atoms with Crippen molar-refractivity contribution in [2.24, 2.45) is 0 Å². The summed E-state index contributed by atoms with van der Waals surface area (Å²) in [6.45, 7) is 12.0. The van der Waals surface area contributed by atoms with Gasteiger partial charge in [-0.1, -0.05) is 114 Å². The molecule has 1 nitrogen and oxygen atoms in total. The summed E-state index contributed by atoms with van der Waals surface area (Å²) in [4.78, 5) is 0. The first-order chi connectivity index (χ1) is 10.4. The average molecular weight is 293 g/mol. The van der Waals surface area contributed by atoms with Crippen LogP contribution in [0.15, 0.2) is 72.8 Å². The number of ether oxygens (including phenoxy) is 1. The number of rotatable bonds is 0. The highest BCUT2D eigenvalue weighted by Crippen LogP contribution is 1.80. The highest BCUT2D eigenvalue weighted by molar-refractivity contribution is 4.99. The maximum atomic E-state index is 4.25. The number of hydrogen-bond acceptors (Lipinski definition) is 1. The van der Waals surface area contributed by atoms with E-state index < -0.39 is 0 Å². The van der Waals surface area contributed by atoms with Crippen molar-refractivity contribution in [2.45, 2.75) is 41.5 Å². The molecule has 2 aromatic carbocycles. The minimum atomic E-state index is 1.62. The number of methoxy groups -OCH3 is 1. The zero-order valence-corrected chi connectivity index (χ0v) is 15.3. The van der Waals surface area contributed by atoms with E-state index in [0.29, 0.717) is 0 Å². The molecule has 0 saturated carbocycles. The quantitative estimate of drug-likeness (QED) is 0.524. The minimum absolute atomic E-state index is 1.62. The molecule has 0 amide bonds. The molecular weight excluding hydrogens is 256 g/mol. The summed E-state index contributed by atoms with van der Waals surface area (Å²) in [5, 5.41) is 0. The molecule has 0 aliphatic rings. The summed E-state index contributed by atoms with van der Waals surface area (Å²) in [6, 6.07) is 24.0. The second-order valence-electron chi connectivity index (χ2n) is 2.72. The molecule has 0 spiro atoms. The van der Waals surface area contributed by atoms with Gasteiger partial charge in [0, 0.05) is 14.2 Å². The third-order valence-corrected chi connectivity index (χ3v) is 1.33. The Balaban J connectivity index is -0.0000000909. The monoisotopic (exact) mass is 292 g/mol. The summed E-state index contributed by atoms with van der Waals surface area (Å²) < 4.78 is 4.25. The van der Waals surface area contributed by atoms with Crippen LogP contribution in [0.1, 0.15) is 41.5 Å². The van der Waals surface area contributed by atoms with E-state index >= 15 is 0 Å². The third kappa shape index (κ3) is 45.8. The van der Waals surface area contributed by atoms with Crippen LogP contribution in [0.3, 0.4) is 0 Å². The van der Waals surface area contributed by atoms with Gasteiger partial charge < -0.3 is 4.74 Å². The van der Waals surface area contributed by atoms with E-state index in [-0.39, 0.29) is 0 Å². The Morgan fingerprint density at radius 3 is 0.429 bits per heavy atom. The van der Waals surface area contributed by atoms with E-state index in [1.165, 1.54) is 0 Å². The van der Waals surface area contributed by atoms with Crippen LogP contribution in [0.5, 0.6) is 0 Å². The van der Waals surface area contributed by atoms with Crippen molar-refractivity contribution in [1.82, 2.24) is 0 Å². The van der Waals surface area contributed by atoms with Crippen LogP contribution in [0.2, 0.25) is 0 Å².